The highest BCUT2D eigenvalue weighted by Gasteiger charge is 2.31. The molecule has 0 bridgehead atoms. The van der Waals surface area contributed by atoms with Crippen molar-refractivity contribution in [2.45, 2.75) is 32.1 Å². The molecule has 0 aliphatic carbocycles. The second-order valence-electron chi connectivity index (χ2n) is 8.06. The lowest BCUT2D eigenvalue weighted by molar-refractivity contribution is 0.0790. The number of carbonyl (C=O) groups is 1. The van der Waals surface area contributed by atoms with Crippen LogP contribution in [0.25, 0.3) is 11.4 Å². The molecule has 8 heteroatoms. The molecule has 5 rings (SSSR count). The summed E-state index contributed by atoms with van der Waals surface area (Å²) in [7, 11) is 2.11. The van der Waals surface area contributed by atoms with Crippen LogP contribution in [0, 0.1) is 6.92 Å². The van der Waals surface area contributed by atoms with E-state index in [9.17, 15) is 4.79 Å². The number of hydrogen-bond acceptors (Lipinski definition) is 7. The maximum Gasteiger partial charge on any atom is 0.253 e. The van der Waals surface area contributed by atoms with Gasteiger partial charge in [0.2, 0.25) is 11.7 Å². The number of benzene rings is 1. The monoisotopic (exact) mass is 404 g/mol. The molecule has 1 atom stereocenters. The lowest BCUT2D eigenvalue weighted by Crippen LogP contribution is -2.29. The highest BCUT2D eigenvalue weighted by molar-refractivity contribution is 5.95. The van der Waals surface area contributed by atoms with E-state index in [1.807, 2.05) is 11.0 Å². The Bertz CT molecular complexity index is 1090. The van der Waals surface area contributed by atoms with Crippen molar-refractivity contribution < 1.29 is 9.32 Å². The Morgan fingerprint density at radius 1 is 1.27 bits per heavy atom. The molecule has 0 saturated carbocycles. The van der Waals surface area contributed by atoms with E-state index < -0.39 is 0 Å². The number of anilines is 1. The molecule has 2 aromatic heterocycles. The average Bonchev–Trinajstić information content (AvgIpc) is 3.42. The standard InChI is InChI=1S/C22H24N6O2/c1-14-25-21(26-30-14)18-11-23-13-24-20(18)17-7-9-28(12-17)22(29)16-5-6-19-15(10-16)4-3-8-27(19)2/h5-6,10-11,13,17H,3-4,7-9,12H2,1-2H3/t17-/m1/s1. The van der Waals surface area contributed by atoms with Gasteiger partial charge in [0.1, 0.15) is 6.33 Å². The Morgan fingerprint density at radius 2 is 2.17 bits per heavy atom. The Hall–Kier alpha value is -3.29. The third kappa shape index (κ3) is 3.32. The van der Waals surface area contributed by atoms with Gasteiger partial charge in [-0.15, -0.1) is 0 Å². The van der Waals surface area contributed by atoms with E-state index in [1.54, 1.807) is 13.1 Å². The van der Waals surface area contributed by atoms with Gasteiger partial charge in [-0.25, -0.2) is 9.97 Å². The Labute approximate surface area is 174 Å². The minimum atomic E-state index is 0.0829. The van der Waals surface area contributed by atoms with Gasteiger partial charge in [0.15, 0.2) is 0 Å². The van der Waals surface area contributed by atoms with E-state index in [0.717, 1.165) is 42.6 Å². The summed E-state index contributed by atoms with van der Waals surface area (Å²) in [5.41, 5.74) is 4.90. The third-order valence-corrected chi connectivity index (χ3v) is 6.05. The minimum Gasteiger partial charge on any atom is -0.374 e. The van der Waals surface area contributed by atoms with Crippen molar-refractivity contribution >= 4 is 11.6 Å². The molecule has 30 heavy (non-hydrogen) atoms. The van der Waals surface area contributed by atoms with Crippen molar-refractivity contribution in [3.8, 4) is 11.4 Å². The normalized spacial score (nSPS) is 18.5. The molecule has 2 aliphatic rings. The zero-order valence-corrected chi connectivity index (χ0v) is 17.2. The van der Waals surface area contributed by atoms with Crippen molar-refractivity contribution in [2.75, 3.05) is 31.6 Å². The van der Waals surface area contributed by atoms with Crippen LogP contribution in [0.4, 0.5) is 5.69 Å². The third-order valence-electron chi connectivity index (χ3n) is 6.05. The molecule has 1 fully saturated rings. The number of amides is 1. The van der Waals surface area contributed by atoms with Crippen LogP contribution in [0.5, 0.6) is 0 Å². The quantitative estimate of drug-likeness (QED) is 0.663. The van der Waals surface area contributed by atoms with Gasteiger partial charge in [0.25, 0.3) is 5.91 Å². The SMILES string of the molecule is Cc1nc(-c2cncnc2[C@@H]2CCN(C(=O)c3ccc4c(c3)CCCN4C)C2)no1. The lowest BCUT2D eigenvalue weighted by atomic mass is 9.99. The molecule has 0 spiro atoms. The molecule has 0 radical (unpaired) electrons. The Morgan fingerprint density at radius 3 is 3.00 bits per heavy atom. The first-order valence-corrected chi connectivity index (χ1v) is 10.3. The first-order valence-electron chi connectivity index (χ1n) is 10.3. The largest absolute Gasteiger partial charge is 0.374 e. The van der Waals surface area contributed by atoms with Gasteiger partial charge in [0, 0.05) is 57.0 Å². The summed E-state index contributed by atoms with van der Waals surface area (Å²) < 4.78 is 5.12. The number of aromatic nitrogens is 4. The summed E-state index contributed by atoms with van der Waals surface area (Å²) in [4.78, 5) is 30.3. The zero-order valence-electron chi connectivity index (χ0n) is 17.2. The van der Waals surface area contributed by atoms with Crippen molar-refractivity contribution in [2.24, 2.45) is 0 Å². The maximum absolute atomic E-state index is 13.2. The zero-order chi connectivity index (χ0) is 20.7. The van der Waals surface area contributed by atoms with E-state index in [4.69, 9.17) is 4.52 Å². The van der Waals surface area contributed by atoms with Gasteiger partial charge in [-0.2, -0.15) is 4.98 Å². The second-order valence-corrected chi connectivity index (χ2v) is 8.06. The lowest BCUT2D eigenvalue weighted by Gasteiger charge is -2.28. The van der Waals surface area contributed by atoms with E-state index in [2.05, 4.69) is 44.2 Å². The fraction of sp³-hybridized carbons (Fsp3) is 0.409. The first kappa shape index (κ1) is 18.7. The van der Waals surface area contributed by atoms with Gasteiger partial charge in [-0.3, -0.25) is 4.79 Å². The number of nitrogens with zero attached hydrogens (tertiary/aromatic N) is 6. The minimum absolute atomic E-state index is 0.0829. The molecule has 1 saturated heterocycles. The number of hydrogen-bond donors (Lipinski definition) is 0. The van der Waals surface area contributed by atoms with Gasteiger partial charge in [0.05, 0.1) is 11.3 Å². The number of carbonyl (C=O) groups excluding carboxylic acids is 1. The van der Waals surface area contributed by atoms with Crippen LogP contribution < -0.4 is 4.90 Å². The molecular weight excluding hydrogens is 380 g/mol. The first-order chi connectivity index (χ1) is 14.6. The number of rotatable bonds is 3. The summed E-state index contributed by atoms with van der Waals surface area (Å²) in [5.74, 6) is 1.20. The van der Waals surface area contributed by atoms with Crippen LogP contribution in [-0.2, 0) is 6.42 Å². The number of aryl methyl sites for hydroxylation is 2. The van der Waals surface area contributed by atoms with Gasteiger partial charge < -0.3 is 14.3 Å². The molecule has 0 unspecified atom stereocenters. The Kier molecular flexibility index (Phi) is 4.69. The molecule has 4 heterocycles. The molecule has 2 aliphatic heterocycles. The van der Waals surface area contributed by atoms with Crippen molar-refractivity contribution in [3.63, 3.8) is 0 Å². The average molecular weight is 404 g/mol. The van der Waals surface area contributed by atoms with E-state index in [0.29, 0.717) is 24.8 Å². The summed E-state index contributed by atoms with van der Waals surface area (Å²) in [6.07, 6.45) is 6.25. The molecule has 1 aromatic carbocycles. The molecule has 154 valence electrons. The summed E-state index contributed by atoms with van der Waals surface area (Å²) in [6.45, 7) is 4.15. The number of fused-ring (bicyclic) bond motifs is 1. The fourth-order valence-electron chi connectivity index (χ4n) is 4.51. The van der Waals surface area contributed by atoms with Crippen molar-refractivity contribution in [1.29, 1.82) is 0 Å². The fourth-order valence-corrected chi connectivity index (χ4v) is 4.51. The van der Waals surface area contributed by atoms with Gasteiger partial charge in [-0.1, -0.05) is 5.16 Å². The van der Waals surface area contributed by atoms with Crippen LogP contribution in [0.2, 0.25) is 0 Å². The molecule has 0 N–H and O–H groups in total. The maximum atomic E-state index is 13.2. The Balaban J connectivity index is 1.36. The van der Waals surface area contributed by atoms with Crippen LogP contribution >= 0.6 is 0 Å². The van der Waals surface area contributed by atoms with E-state index in [1.165, 1.54) is 17.6 Å². The summed E-state index contributed by atoms with van der Waals surface area (Å²) in [5, 5.41) is 4.02. The summed E-state index contributed by atoms with van der Waals surface area (Å²) in [6, 6.07) is 6.10. The van der Waals surface area contributed by atoms with Gasteiger partial charge >= 0.3 is 0 Å². The van der Waals surface area contributed by atoms with Crippen molar-refractivity contribution in [3.05, 3.63) is 53.4 Å². The molecule has 8 nitrogen and oxygen atoms in total. The predicted octanol–water partition coefficient (Wildman–Crippen LogP) is 2.85. The van der Waals surface area contributed by atoms with E-state index >= 15 is 0 Å². The van der Waals surface area contributed by atoms with Crippen LogP contribution in [0.15, 0.2) is 35.2 Å². The van der Waals surface area contributed by atoms with Crippen molar-refractivity contribution in [1.82, 2.24) is 25.0 Å². The highest BCUT2D eigenvalue weighted by atomic mass is 16.5. The second kappa shape index (κ2) is 7.51. The number of likely N-dealkylation sites (tertiary alicyclic amines) is 1. The van der Waals surface area contributed by atoms with Crippen LogP contribution in [0.3, 0.4) is 0 Å². The van der Waals surface area contributed by atoms with Crippen LogP contribution in [-0.4, -0.2) is 57.6 Å². The smallest absolute Gasteiger partial charge is 0.253 e. The topological polar surface area (TPSA) is 88.3 Å². The molecule has 1 amide bonds. The highest BCUT2D eigenvalue weighted by Crippen LogP contribution is 2.33. The van der Waals surface area contributed by atoms with Gasteiger partial charge in [-0.05, 0) is 43.0 Å². The predicted molar refractivity (Wildman–Crippen MR) is 111 cm³/mol. The summed E-state index contributed by atoms with van der Waals surface area (Å²) >= 11 is 0. The van der Waals surface area contributed by atoms with Crippen LogP contribution in [0.1, 0.15) is 46.3 Å². The van der Waals surface area contributed by atoms with E-state index in [-0.39, 0.29) is 11.8 Å². The molecule has 3 aromatic rings. The molecular formula is C22H24N6O2.